The third-order valence-corrected chi connectivity index (χ3v) is 3.31. The molecule has 0 saturated heterocycles. The highest BCUT2D eigenvalue weighted by molar-refractivity contribution is 4.51. The zero-order valence-electron chi connectivity index (χ0n) is 12.1. The molecule has 0 rings (SSSR count). The van der Waals surface area contributed by atoms with Gasteiger partial charge in [-0.1, -0.05) is 78.1 Å². The Balaban J connectivity index is 2.85. The number of nitrogens with one attached hydrogen (secondary N) is 1. The molecule has 0 aromatic carbocycles. The van der Waals surface area contributed by atoms with E-state index in [1.807, 2.05) is 0 Å². The van der Waals surface area contributed by atoms with E-state index in [9.17, 15) is 0 Å². The molecule has 1 heteroatoms. The summed E-state index contributed by atoms with van der Waals surface area (Å²) in [6.45, 7) is 8.37. The Hall–Kier alpha value is -0.0400. The summed E-state index contributed by atoms with van der Waals surface area (Å²) in [5.41, 5.74) is 0. The normalized spacial score (nSPS) is 10.9. The van der Waals surface area contributed by atoms with E-state index in [0.29, 0.717) is 0 Å². The lowest BCUT2D eigenvalue weighted by Gasteiger charge is -2.03. The molecule has 0 saturated carbocycles. The summed E-state index contributed by atoms with van der Waals surface area (Å²) in [6.07, 6.45) is 16.7. The van der Waals surface area contributed by atoms with Crippen LogP contribution in [0.15, 0.2) is 0 Å². The Kier molecular flexibility index (Phi) is 15.9. The lowest BCUT2D eigenvalue weighted by Crippen LogP contribution is -2.15. The van der Waals surface area contributed by atoms with Gasteiger partial charge in [-0.3, -0.25) is 0 Å². The van der Waals surface area contributed by atoms with Gasteiger partial charge in [-0.05, 0) is 25.9 Å². The van der Waals surface area contributed by atoms with E-state index in [1.165, 1.54) is 77.2 Å². The van der Waals surface area contributed by atoms with Crippen LogP contribution < -0.4 is 5.32 Å². The second-order valence-electron chi connectivity index (χ2n) is 5.14. The number of hydrogen-bond acceptors (Lipinski definition) is 1. The monoisotopic (exact) mass is 240 g/mol. The molecule has 1 radical (unpaired) electrons. The van der Waals surface area contributed by atoms with E-state index in [2.05, 4.69) is 19.2 Å². The summed E-state index contributed by atoms with van der Waals surface area (Å²) in [6, 6.07) is 0. The average molecular weight is 240 g/mol. The molecule has 103 valence electrons. The summed E-state index contributed by atoms with van der Waals surface area (Å²) in [7, 11) is 0. The molecular formula is C16H34N. The van der Waals surface area contributed by atoms with Crippen LogP contribution in [0.1, 0.15) is 84.0 Å². The Bertz CT molecular complexity index is 109. The third-order valence-electron chi connectivity index (χ3n) is 3.31. The van der Waals surface area contributed by atoms with Crippen LogP contribution in [0.25, 0.3) is 0 Å². The summed E-state index contributed by atoms with van der Waals surface area (Å²) in [4.78, 5) is 0. The second kappa shape index (κ2) is 16.0. The molecule has 0 unspecified atom stereocenters. The highest BCUT2D eigenvalue weighted by Gasteiger charge is 1.92. The maximum atomic E-state index is 3.82. The van der Waals surface area contributed by atoms with Gasteiger partial charge in [0.05, 0.1) is 0 Å². The van der Waals surface area contributed by atoms with E-state index < -0.39 is 0 Å². The molecular weight excluding hydrogens is 206 g/mol. The van der Waals surface area contributed by atoms with Crippen molar-refractivity contribution < 1.29 is 0 Å². The molecule has 0 aliphatic heterocycles. The van der Waals surface area contributed by atoms with Crippen LogP contribution in [0, 0.1) is 6.92 Å². The standard InChI is InChI=1S/C16H34N/c1-3-5-6-7-8-9-10-11-12-13-14-16-17-15-4-2/h17H,2-16H2,1H3. The van der Waals surface area contributed by atoms with E-state index in [4.69, 9.17) is 0 Å². The fourth-order valence-electron chi connectivity index (χ4n) is 2.16. The van der Waals surface area contributed by atoms with Crippen LogP contribution in [0.4, 0.5) is 0 Å². The predicted molar refractivity (Wildman–Crippen MR) is 79.3 cm³/mol. The Morgan fingerprint density at radius 1 is 0.647 bits per heavy atom. The van der Waals surface area contributed by atoms with Crippen molar-refractivity contribution in [1.82, 2.24) is 5.32 Å². The van der Waals surface area contributed by atoms with Crippen molar-refractivity contribution >= 4 is 0 Å². The minimum Gasteiger partial charge on any atom is -0.317 e. The smallest absolute Gasteiger partial charge is 0.00489 e. The minimum absolute atomic E-state index is 1.01. The highest BCUT2D eigenvalue weighted by atomic mass is 14.8. The molecule has 0 bridgehead atoms. The SMILES string of the molecule is [CH2]CCNCCCCCCCCCCCCC. The lowest BCUT2D eigenvalue weighted by atomic mass is 10.1. The Labute approximate surface area is 110 Å². The van der Waals surface area contributed by atoms with Crippen LogP contribution in [-0.4, -0.2) is 13.1 Å². The van der Waals surface area contributed by atoms with Crippen molar-refractivity contribution in [3.8, 4) is 0 Å². The first-order valence-corrected chi connectivity index (χ1v) is 7.91. The molecule has 0 atom stereocenters. The maximum Gasteiger partial charge on any atom is -0.00489 e. The van der Waals surface area contributed by atoms with E-state index in [1.54, 1.807) is 0 Å². The van der Waals surface area contributed by atoms with E-state index in [0.717, 1.165) is 13.0 Å². The summed E-state index contributed by atoms with van der Waals surface area (Å²) >= 11 is 0. The first kappa shape index (κ1) is 17.0. The molecule has 1 nitrogen and oxygen atoms in total. The average Bonchev–Trinajstić information content (AvgIpc) is 2.35. The number of rotatable bonds is 14. The molecule has 0 heterocycles. The van der Waals surface area contributed by atoms with Crippen LogP contribution in [-0.2, 0) is 0 Å². The fourth-order valence-corrected chi connectivity index (χ4v) is 2.16. The van der Waals surface area contributed by atoms with Crippen LogP contribution in [0.3, 0.4) is 0 Å². The minimum atomic E-state index is 1.01. The Morgan fingerprint density at radius 2 is 1.12 bits per heavy atom. The van der Waals surface area contributed by atoms with Gasteiger partial charge in [0.1, 0.15) is 0 Å². The van der Waals surface area contributed by atoms with Gasteiger partial charge in [0.2, 0.25) is 0 Å². The van der Waals surface area contributed by atoms with Gasteiger partial charge in [0.25, 0.3) is 0 Å². The summed E-state index contributed by atoms with van der Waals surface area (Å²) in [5.74, 6) is 0. The molecule has 17 heavy (non-hydrogen) atoms. The molecule has 0 spiro atoms. The zero-order valence-corrected chi connectivity index (χ0v) is 12.1. The van der Waals surface area contributed by atoms with Gasteiger partial charge < -0.3 is 5.32 Å². The van der Waals surface area contributed by atoms with Gasteiger partial charge in [-0.2, -0.15) is 0 Å². The first-order chi connectivity index (χ1) is 8.41. The highest BCUT2D eigenvalue weighted by Crippen LogP contribution is 2.10. The molecule has 0 aromatic rings. The van der Waals surface area contributed by atoms with Gasteiger partial charge in [-0.25, -0.2) is 0 Å². The summed E-state index contributed by atoms with van der Waals surface area (Å²) < 4.78 is 0. The van der Waals surface area contributed by atoms with Gasteiger partial charge in [0.15, 0.2) is 0 Å². The van der Waals surface area contributed by atoms with Crippen molar-refractivity contribution in [3.05, 3.63) is 6.92 Å². The van der Waals surface area contributed by atoms with Gasteiger partial charge in [-0.15, -0.1) is 0 Å². The lowest BCUT2D eigenvalue weighted by molar-refractivity contribution is 0.540. The molecule has 0 fully saturated rings. The van der Waals surface area contributed by atoms with Crippen LogP contribution in [0.5, 0.6) is 0 Å². The van der Waals surface area contributed by atoms with Crippen molar-refractivity contribution in [1.29, 1.82) is 0 Å². The quantitative estimate of drug-likeness (QED) is 0.416. The van der Waals surface area contributed by atoms with Crippen LogP contribution >= 0.6 is 0 Å². The molecule has 0 aliphatic rings. The predicted octanol–water partition coefficient (Wildman–Crippen LogP) is 5.11. The third kappa shape index (κ3) is 16.0. The van der Waals surface area contributed by atoms with Crippen molar-refractivity contribution in [3.63, 3.8) is 0 Å². The maximum absolute atomic E-state index is 3.82. The molecule has 0 amide bonds. The van der Waals surface area contributed by atoms with E-state index >= 15 is 0 Å². The van der Waals surface area contributed by atoms with Crippen molar-refractivity contribution in [2.24, 2.45) is 0 Å². The second-order valence-corrected chi connectivity index (χ2v) is 5.14. The fraction of sp³-hybridized carbons (Fsp3) is 0.938. The van der Waals surface area contributed by atoms with Gasteiger partial charge in [0, 0.05) is 0 Å². The van der Waals surface area contributed by atoms with Gasteiger partial charge >= 0.3 is 0 Å². The Morgan fingerprint density at radius 3 is 1.59 bits per heavy atom. The molecule has 0 aromatic heterocycles. The number of hydrogen-bond donors (Lipinski definition) is 1. The topological polar surface area (TPSA) is 12.0 Å². The number of unbranched alkanes of at least 4 members (excludes halogenated alkanes) is 10. The first-order valence-electron chi connectivity index (χ1n) is 7.91. The van der Waals surface area contributed by atoms with E-state index in [-0.39, 0.29) is 0 Å². The largest absolute Gasteiger partial charge is 0.317 e. The van der Waals surface area contributed by atoms with Crippen LogP contribution in [0.2, 0.25) is 0 Å². The van der Waals surface area contributed by atoms with Crippen molar-refractivity contribution in [2.45, 2.75) is 84.0 Å². The molecule has 0 aliphatic carbocycles. The zero-order chi connectivity index (χ0) is 12.6. The molecule has 1 N–H and O–H groups in total. The van der Waals surface area contributed by atoms with Crippen molar-refractivity contribution in [2.75, 3.05) is 13.1 Å². The summed E-state index contributed by atoms with van der Waals surface area (Å²) in [5, 5.41) is 3.40.